The van der Waals surface area contributed by atoms with Crippen molar-refractivity contribution in [3.63, 3.8) is 0 Å². The van der Waals surface area contributed by atoms with E-state index in [-0.39, 0.29) is 16.6 Å². The first-order valence-corrected chi connectivity index (χ1v) is 7.31. The number of hydrogen-bond donors (Lipinski definition) is 1. The Bertz CT molecular complexity index is 522. The molecule has 0 saturated heterocycles. The summed E-state index contributed by atoms with van der Waals surface area (Å²) in [6, 6.07) is 3.49. The van der Waals surface area contributed by atoms with Crippen LogP contribution in [0.5, 0.6) is 0 Å². The lowest BCUT2D eigenvalue weighted by molar-refractivity contribution is -0.384. The molecule has 0 aliphatic rings. The van der Waals surface area contributed by atoms with Gasteiger partial charge in [-0.3, -0.25) is 14.9 Å². The van der Waals surface area contributed by atoms with E-state index in [0.717, 1.165) is 12.8 Å². The van der Waals surface area contributed by atoms with Crippen molar-refractivity contribution in [2.75, 3.05) is 11.4 Å². The van der Waals surface area contributed by atoms with Gasteiger partial charge >= 0.3 is 0 Å². The maximum Gasteiger partial charge on any atom is 0.271 e. The number of nitrogens with two attached hydrogens (primary N) is 1. The van der Waals surface area contributed by atoms with Crippen molar-refractivity contribution in [3.05, 3.63) is 33.3 Å². The van der Waals surface area contributed by atoms with Crippen LogP contribution in [0.4, 0.5) is 11.4 Å². The Morgan fingerprint density at radius 3 is 2.57 bits per heavy atom. The fraction of sp³-hybridized carbons (Fsp3) is 0.500. The van der Waals surface area contributed by atoms with Gasteiger partial charge in [-0.15, -0.1) is 0 Å². The number of nitrogens with zero attached hydrogens (tertiary/aromatic N) is 2. The van der Waals surface area contributed by atoms with Crippen LogP contribution in [-0.4, -0.2) is 23.4 Å². The molecule has 7 heteroatoms. The minimum Gasteiger partial charge on any atom is -0.320 e. The number of nitro benzene ring substituents is 1. The Kier molecular flexibility index (Phi) is 6.58. The average molecular weight is 314 g/mol. The quantitative estimate of drug-likeness (QED) is 0.618. The van der Waals surface area contributed by atoms with Gasteiger partial charge in [0.25, 0.3) is 5.69 Å². The van der Waals surface area contributed by atoms with Crippen molar-refractivity contribution >= 4 is 28.9 Å². The SMILES string of the molecule is CCCC(N)C(=O)N(CCC)c1ccc([N+](=O)[O-])cc1Cl. The zero-order chi connectivity index (χ0) is 16.0. The van der Waals surface area contributed by atoms with Crippen molar-refractivity contribution in [3.8, 4) is 0 Å². The molecule has 0 aliphatic carbocycles. The molecule has 1 unspecified atom stereocenters. The molecule has 0 aliphatic heterocycles. The summed E-state index contributed by atoms with van der Waals surface area (Å²) in [6.45, 7) is 4.36. The Balaban J connectivity index is 3.11. The Morgan fingerprint density at radius 2 is 2.10 bits per heavy atom. The van der Waals surface area contributed by atoms with Gasteiger partial charge < -0.3 is 10.6 Å². The highest BCUT2D eigenvalue weighted by Crippen LogP contribution is 2.30. The van der Waals surface area contributed by atoms with Gasteiger partial charge in [0.1, 0.15) is 0 Å². The van der Waals surface area contributed by atoms with Crippen LogP contribution in [0, 0.1) is 10.1 Å². The molecule has 0 aromatic heterocycles. The van der Waals surface area contributed by atoms with E-state index >= 15 is 0 Å². The zero-order valence-corrected chi connectivity index (χ0v) is 13.0. The van der Waals surface area contributed by atoms with Crippen LogP contribution in [0.1, 0.15) is 33.1 Å². The number of benzene rings is 1. The highest BCUT2D eigenvalue weighted by atomic mass is 35.5. The topological polar surface area (TPSA) is 89.5 Å². The third kappa shape index (κ3) is 4.41. The number of rotatable bonds is 7. The summed E-state index contributed by atoms with van der Waals surface area (Å²) in [5.41, 5.74) is 6.23. The second-order valence-corrected chi connectivity index (χ2v) is 5.19. The largest absolute Gasteiger partial charge is 0.320 e. The maximum absolute atomic E-state index is 12.4. The van der Waals surface area contributed by atoms with Crippen LogP contribution >= 0.6 is 11.6 Å². The predicted octanol–water partition coefficient (Wildman–Crippen LogP) is 3.12. The summed E-state index contributed by atoms with van der Waals surface area (Å²) < 4.78 is 0. The van der Waals surface area contributed by atoms with E-state index in [1.807, 2.05) is 13.8 Å². The molecule has 116 valence electrons. The van der Waals surface area contributed by atoms with E-state index in [1.54, 1.807) is 0 Å². The molecule has 0 bridgehead atoms. The molecule has 1 aromatic carbocycles. The van der Waals surface area contributed by atoms with Crippen LogP contribution in [0.3, 0.4) is 0 Å². The fourth-order valence-corrected chi connectivity index (χ4v) is 2.31. The van der Waals surface area contributed by atoms with Crippen LogP contribution in [0.15, 0.2) is 18.2 Å². The molecular weight excluding hydrogens is 294 g/mol. The van der Waals surface area contributed by atoms with Crippen LogP contribution < -0.4 is 10.6 Å². The molecule has 1 amide bonds. The molecular formula is C14H20ClN3O3. The average Bonchev–Trinajstić information content (AvgIpc) is 2.44. The normalized spacial score (nSPS) is 12.0. The lowest BCUT2D eigenvalue weighted by Gasteiger charge is -2.26. The van der Waals surface area contributed by atoms with Crippen molar-refractivity contribution in [2.45, 2.75) is 39.2 Å². The zero-order valence-electron chi connectivity index (χ0n) is 12.2. The van der Waals surface area contributed by atoms with Crippen molar-refractivity contribution in [1.29, 1.82) is 0 Å². The van der Waals surface area contributed by atoms with Gasteiger partial charge in [0, 0.05) is 18.7 Å². The molecule has 0 fully saturated rings. The number of anilines is 1. The molecule has 1 aromatic rings. The molecule has 1 rings (SSSR count). The molecule has 6 nitrogen and oxygen atoms in total. The Hall–Kier alpha value is -1.66. The lowest BCUT2D eigenvalue weighted by atomic mass is 10.1. The van der Waals surface area contributed by atoms with Gasteiger partial charge in [-0.2, -0.15) is 0 Å². The first-order valence-electron chi connectivity index (χ1n) is 6.93. The second-order valence-electron chi connectivity index (χ2n) is 4.78. The molecule has 1 atom stereocenters. The van der Waals surface area contributed by atoms with Gasteiger partial charge in [-0.25, -0.2) is 0 Å². The molecule has 0 spiro atoms. The summed E-state index contributed by atoms with van der Waals surface area (Å²) in [5.74, 6) is -0.213. The minimum atomic E-state index is -0.590. The number of hydrogen-bond acceptors (Lipinski definition) is 4. The van der Waals surface area contributed by atoms with Gasteiger partial charge in [-0.05, 0) is 18.9 Å². The third-order valence-electron chi connectivity index (χ3n) is 3.06. The van der Waals surface area contributed by atoms with Crippen molar-refractivity contribution in [2.24, 2.45) is 5.73 Å². The molecule has 0 saturated carbocycles. The van der Waals surface area contributed by atoms with E-state index in [1.165, 1.54) is 23.1 Å². The van der Waals surface area contributed by atoms with Crippen LogP contribution in [0.2, 0.25) is 5.02 Å². The number of non-ortho nitro benzene ring substituents is 1. The summed E-state index contributed by atoms with van der Waals surface area (Å²) >= 11 is 6.09. The summed E-state index contributed by atoms with van der Waals surface area (Å²) in [5, 5.41) is 10.9. The summed E-state index contributed by atoms with van der Waals surface area (Å²) in [4.78, 5) is 24.1. The fourth-order valence-electron chi connectivity index (χ4n) is 2.04. The van der Waals surface area contributed by atoms with E-state index < -0.39 is 11.0 Å². The van der Waals surface area contributed by atoms with Crippen LogP contribution in [0.25, 0.3) is 0 Å². The predicted molar refractivity (Wildman–Crippen MR) is 83.6 cm³/mol. The molecule has 2 N–H and O–H groups in total. The van der Waals surface area contributed by atoms with Gasteiger partial charge in [0.2, 0.25) is 5.91 Å². The maximum atomic E-state index is 12.4. The van der Waals surface area contributed by atoms with E-state index in [9.17, 15) is 14.9 Å². The number of carbonyl (C=O) groups is 1. The minimum absolute atomic E-state index is 0.106. The monoisotopic (exact) mass is 313 g/mol. The van der Waals surface area contributed by atoms with Gasteiger partial charge in [0.05, 0.1) is 21.7 Å². The molecule has 0 heterocycles. The number of halogens is 1. The highest BCUT2D eigenvalue weighted by molar-refractivity contribution is 6.34. The smallest absolute Gasteiger partial charge is 0.271 e. The van der Waals surface area contributed by atoms with Crippen molar-refractivity contribution < 1.29 is 9.72 Å². The molecule has 21 heavy (non-hydrogen) atoms. The first-order chi connectivity index (χ1) is 9.92. The summed E-state index contributed by atoms with van der Waals surface area (Å²) in [6.07, 6.45) is 2.13. The number of nitro groups is 1. The number of carbonyl (C=O) groups excluding carboxylic acids is 1. The summed E-state index contributed by atoms with van der Waals surface area (Å²) in [7, 11) is 0. The first kappa shape index (κ1) is 17.4. The van der Waals surface area contributed by atoms with Crippen molar-refractivity contribution in [1.82, 2.24) is 0 Å². The lowest BCUT2D eigenvalue weighted by Crippen LogP contribution is -2.44. The highest BCUT2D eigenvalue weighted by Gasteiger charge is 2.24. The molecule has 0 radical (unpaired) electrons. The van der Waals surface area contributed by atoms with E-state index in [0.29, 0.717) is 18.7 Å². The standard InChI is InChI=1S/C14H20ClN3O3/c1-3-5-12(16)14(19)17(8-4-2)13-7-6-10(18(20)21)9-11(13)15/h6-7,9,12H,3-5,8,16H2,1-2H3. The second kappa shape index (κ2) is 7.95. The van der Waals surface area contributed by atoms with E-state index in [2.05, 4.69) is 0 Å². The van der Waals surface area contributed by atoms with E-state index in [4.69, 9.17) is 17.3 Å². The van der Waals surface area contributed by atoms with Gasteiger partial charge in [0.15, 0.2) is 0 Å². The van der Waals surface area contributed by atoms with Crippen LogP contribution in [-0.2, 0) is 4.79 Å². The Labute approximate surface area is 129 Å². The Morgan fingerprint density at radius 1 is 1.43 bits per heavy atom. The van der Waals surface area contributed by atoms with Gasteiger partial charge in [-0.1, -0.05) is 31.9 Å². The third-order valence-corrected chi connectivity index (χ3v) is 3.37. The number of amides is 1.